The standard InChI is InChI=1S/C53H65N7O8/c1-6-59-52(61)42-10-7-9-41-40(14-15-43(51(41)42)53(59)62)44(54)33-60(55)39-13-18-46(48(31-39)63-5)58-21-25-67-49-29-36(2)11-16-45(49)56(4)32-38-34-65-24-20-57(19-8-23-64-27-28-66-35-38)47-17-12-37(3)30-50(47)68-26-22-58/h7,9-18,29-31,33,38H,6,8,19-28,32,34-35,54-55H2,1-5H3/b44-33-. The van der Waals surface area contributed by atoms with Gasteiger partial charge in [-0.2, -0.15) is 0 Å². The molecule has 0 spiro atoms. The summed E-state index contributed by atoms with van der Waals surface area (Å²) in [7, 11) is 3.73. The lowest BCUT2D eigenvalue weighted by Gasteiger charge is -2.29. The van der Waals surface area contributed by atoms with Gasteiger partial charge >= 0.3 is 0 Å². The minimum Gasteiger partial charge on any atom is -0.495 e. The molecule has 0 aliphatic carbocycles. The van der Waals surface area contributed by atoms with Gasteiger partial charge in [-0.25, -0.2) is 5.84 Å². The topological polar surface area (TPSA) is 158 Å². The molecule has 15 heteroatoms. The summed E-state index contributed by atoms with van der Waals surface area (Å²) in [5.74, 6) is 8.39. The highest BCUT2D eigenvalue weighted by Gasteiger charge is 2.32. The molecule has 0 saturated carbocycles. The molecule has 1 saturated heterocycles. The third kappa shape index (κ3) is 10.8. The summed E-state index contributed by atoms with van der Waals surface area (Å²) >= 11 is 0. The van der Waals surface area contributed by atoms with Crippen LogP contribution in [-0.2, 0) is 14.2 Å². The van der Waals surface area contributed by atoms with Crippen LogP contribution in [0.2, 0.25) is 0 Å². The Morgan fingerprint density at radius 2 is 1.37 bits per heavy atom. The lowest BCUT2D eigenvalue weighted by atomic mass is 9.90. The molecule has 5 aromatic carbocycles. The normalized spacial score (nSPS) is 18.3. The van der Waals surface area contributed by atoms with Crippen LogP contribution in [0.15, 0.2) is 91.1 Å². The van der Waals surface area contributed by atoms with Crippen molar-refractivity contribution in [2.75, 3.05) is 126 Å². The number of anilines is 4. The van der Waals surface area contributed by atoms with Gasteiger partial charge in [-0.1, -0.05) is 30.3 Å². The Morgan fingerprint density at radius 1 is 0.735 bits per heavy atom. The molecule has 3 aliphatic heterocycles. The Morgan fingerprint density at radius 3 is 2.09 bits per heavy atom. The molecule has 3 heterocycles. The number of ether oxygens (including phenoxy) is 6. The Bertz CT molecular complexity index is 2600. The zero-order valence-electron chi connectivity index (χ0n) is 40.0. The average Bonchev–Trinajstić information content (AvgIpc) is 3.33. The summed E-state index contributed by atoms with van der Waals surface area (Å²) in [5.41, 5.74) is 14.4. The van der Waals surface area contributed by atoms with Gasteiger partial charge in [-0.05, 0) is 92.2 Å². The maximum absolute atomic E-state index is 13.3. The smallest absolute Gasteiger partial charge is 0.261 e. The number of fused-ring (bicyclic) bond motifs is 8. The second-order valence-electron chi connectivity index (χ2n) is 17.6. The van der Waals surface area contributed by atoms with Crippen LogP contribution >= 0.6 is 0 Å². The molecule has 4 N–H and O–H groups in total. The molecule has 2 bridgehead atoms. The first-order valence-corrected chi connectivity index (χ1v) is 23.6. The van der Waals surface area contributed by atoms with Gasteiger partial charge in [0, 0.05) is 80.1 Å². The lowest BCUT2D eigenvalue weighted by Crippen LogP contribution is -2.40. The van der Waals surface area contributed by atoms with E-state index in [0.717, 1.165) is 52.7 Å². The molecule has 8 rings (SSSR count). The van der Waals surface area contributed by atoms with Gasteiger partial charge < -0.3 is 48.9 Å². The van der Waals surface area contributed by atoms with Crippen molar-refractivity contribution in [3.05, 3.63) is 119 Å². The van der Waals surface area contributed by atoms with Crippen molar-refractivity contribution < 1.29 is 38.0 Å². The minimum absolute atomic E-state index is 0.109. The van der Waals surface area contributed by atoms with Crippen LogP contribution < -0.4 is 45.5 Å². The highest BCUT2D eigenvalue weighted by molar-refractivity contribution is 6.26. The molecule has 1 unspecified atom stereocenters. The Hall–Kier alpha value is -6.52. The van der Waals surface area contributed by atoms with Crippen molar-refractivity contribution >= 4 is 51.0 Å². The highest BCUT2D eigenvalue weighted by atomic mass is 16.5. The van der Waals surface area contributed by atoms with E-state index in [2.05, 4.69) is 72.0 Å². The molecule has 360 valence electrons. The lowest BCUT2D eigenvalue weighted by molar-refractivity contribution is 0.0109. The van der Waals surface area contributed by atoms with Gasteiger partial charge in [0.2, 0.25) is 0 Å². The molecule has 1 fully saturated rings. The van der Waals surface area contributed by atoms with Crippen LogP contribution in [0.3, 0.4) is 0 Å². The second kappa shape index (κ2) is 22.1. The van der Waals surface area contributed by atoms with Crippen LogP contribution in [0.25, 0.3) is 16.5 Å². The number of benzene rings is 5. The van der Waals surface area contributed by atoms with E-state index in [1.54, 1.807) is 44.5 Å². The number of hydrogen-bond donors (Lipinski definition) is 2. The van der Waals surface area contributed by atoms with Crippen LogP contribution in [0.4, 0.5) is 22.7 Å². The summed E-state index contributed by atoms with van der Waals surface area (Å²) in [4.78, 5) is 34.6. The number of hydrogen-bond acceptors (Lipinski definition) is 14. The van der Waals surface area contributed by atoms with Crippen LogP contribution in [-0.4, -0.2) is 123 Å². The van der Waals surface area contributed by atoms with Crippen LogP contribution in [0.5, 0.6) is 17.2 Å². The zero-order valence-corrected chi connectivity index (χ0v) is 40.0. The van der Waals surface area contributed by atoms with Gasteiger partial charge in [-0.3, -0.25) is 19.5 Å². The van der Waals surface area contributed by atoms with Gasteiger partial charge in [0.15, 0.2) is 0 Å². The molecule has 3 aliphatic rings. The molecule has 1 atom stereocenters. The third-order valence-electron chi connectivity index (χ3n) is 12.8. The number of amides is 2. The fourth-order valence-electron chi connectivity index (χ4n) is 9.25. The number of aryl methyl sites for hydroxylation is 2. The fourth-order valence-corrected chi connectivity index (χ4v) is 9.25. The summed E-state index contributed by atoms with van der Waals surface area (Å²) in [6, 6.07) is 27.4. The summed E-state index contributed by atoms with van der Waals surface area (Å²) < 4.78 is 38.0. The average molecular weight is 928 g/mol. The molecular formula is C53H65N7O8. The maximum Gasteiger partial charge on any atom is 0.261 e. The van der Waals surface area contributed by atoms with E-state index < -0.39 is 0 Å². The Kier molecular flexibility index (Phi) is 15.6. The summed E-state index contributed by atoms with van der Waals surface area (Å²) in [6.45, 7) is 13.5. The van der Waals surface area contributed by atoms with E-state index in [1.807, 2.05) is 24.3 Å². The maximum atomic E-state index is 13.3. The van der Waals surface area contributed by atoms with Crippen LogP contribution in [0, 0.1) is 19.8 Å². The van der Waals surface area contributed by atoms with Crippen molar-refractivity contribution in [3.8, 4) is 17.2 Å². The molecule has 2 amide bonds. The van der Waals surface area contributed by atoms with Crippen molar-refractivity contribution in [2.45, 2.75) is 27.2 Å². The van der Waals surface area contributed by atoms with Gasteiger partial charge in [0.05, 0.1) is 81.7 Å². The predicted octanol–water partition coefficient (Wildman–Crippen LogP) is 7.01. The largest absolute Gasteiger partial charge is 0.495 e. The SMILES string of the molecule is CCN1C(=O)c2cccc3c(/C(N)=C/N(N)c4ccc(N5CCOc6cc(C)ccc6N(C)CC6COCCOCCCN(CCOC6)c6ccc(C)cc6OCC5)c(OC)c4)ccc(c23)C1=O. The van der Waals surface area contributed by atoms with E-state index in [0.29, 0.717) is 124 Å². The molecule has 0 radical (unpaired) electrons. The van der Waals surface area contributed by atoms with Crippen molar-refractivity contribution in [3.63, 3.8) is 0 Å². The number of carbonyl (C=O) groups excluding carboxylic acids is 2. The van der Waals surface area contributed by atoms with E-state index >= 15 is 0 Å². The van der Waals surface area contributed by atoms with Crippen molar-refractivity contribution in [2.24, 2.45) is 17.5 Å². The predicted molar refractivity (Wildman–Crippen MR) is 268 cm³/mol. The zero-order chi connectivity index (χ0) is 47.7. The second-order valence-corrected chi connectivity index (χ2v) is 17.6. The Balaban J connectivity index is 1.10. The number of imide groups is 1. The molecule has 68 heavy (non-hydrogen) atoms. The fraction of sp³-hybridized carbons (Fsp3) is 0.396. The van der Waals surface area contributed by atoms with Crippen molar-refractivity contribution in [1.29, 1.82) is 0 Å². The van der Waals surface area contributed by atoms with Gasteiger partial charge in [0.25, 0.3) is 11.8 Å². The first-order valence-electron chi connectivity index (χ1n) is 23.6. The first kappa shape index (κ1) is 48.0. The molecule has 15 nitrogen and oxygen atoms in total. The molecule has 0 aromatic heterocycles. The third-order valence-corrected chi connectivity index (χ3v) is 12.8. The number of hydrazine groups is 1. The summed E-state index contributed by atoms with van der Waals surface area (Å²) in [6.07, 6.45) is 2.48. The van der Waals surface area contributed by atoms with Gasteiger partial charge in [-0.15, -0.1) is 0 Å². The highest BCUT2D eigenvalue weighted by Crippen LogP contribution is 2.37. The van der Waals surface area contributed by atoms with E-state index in [-0.39, 0.29) is 24.3 Å². The summed E-state index contributed by atoms with van der Waals surface area (Å²) in [5, 5.41) is 2.72. The first-order chi connectivity index (χ1) is 33.0. The molecule has 5 aromatic rings. The Labute approximate surface area is 399 Å². The van der Waals surface area contributed by atoms with E-state index in [4.69, 9.17) is 40.0 Å². The number of rotatable bonds is 6. The monoisotopic (exact) mass is 927 g/mol. The van der Waals surface area contributed by atoms with E-state index in [1.165, 1.54) is 9.91 Å². The van der Waals surface area contributed by atoms with Crippen molar-refractivity contribution in [1.82, 2.24) is 4.90 Å². The van der Waals surface area contributed by atoms with Crippen LogP contribution in [0.1, 0.15) is 50.8 Å². The minimum atomic E-state index is -0.321. The number of nitrogens with zero attached hydrogens (tertiary/aromatic N) is 5. The van der Waals surface area contributed by atoms with E-state index in [9.17, 15) is 9.59 Å². The van der Waals surface area contributed by atoms with Gasteiger partial charge in [0.1, 0.15) is 30.5 Å². The molecular weight excluding hydrogens is 863 g/mol. The number of methoxy groups -OCH3 is 1. The number of carbonyl (C=O) groups is 2. The quantitative estimate of drug-likeness (QED) is 0.102. The number of nitrogens with two attached hydrogens (primary N) is 2.